The van der Waals surface area contributed by atoms with Gasteiger partial charge in [0.1, 0.15) is 0 Å². The van der Waals surface area contributed by atoms with E-state index in [-0.39, 0.29) is 18.2 Å². The molecule has 0 aromatic heterocycles. The molecule has 1 amide bonds. The van der Waals surface area contributed by atoms with E-state index in [1.165, 1.54) is 0 Å². The molecular formula is C15H31N3O. The monoisotopic (exact) mass is 269 g/mol. The molecule has 4 nitrogen and oxygen atoms in total. The van der Waals surface area contributed by atoms with Crippen molar-refractivity contribution < 1.29 is 4.79 Å². The fourth-order valence-electron chi connectivity index (χ4n) is 3.00. The first-order valence-electron chi connectivity index (χ1n) is 7.89. The van der Waals surface area contributed by atoms with Gasteiger partial charge in [-0.25, -0.2) is 0 Å². The maximum Gasteiger partial charge on any atom is 0.241 e. The van der Waals surface area contributed by atoms with Crippen molar-refractivity contribution in [1.29, 1.82) is 0 Å². The first-order valence-corrected chi connectivity index (χ1v) is 7.89. The maximum absolute atomic E-state index is 12.5. The van der Waals surface area contributed by atoms with Gasteiger partial charge in [0.15, 0.2) is 0 Å². The molecule has 112 valence electrons. The number of carbonyl (C=O) groups is 1. The maximum atomic E-state index is 12.5. The molecule has 0 aromatic carbocycles. The van der Waals surface area contributed by atoms with Crippen LogP contribution in [0.4, 0.5) is 0 Å². The van der Waals surface area contributed by atoms with Crippen LogP contribution in [0, 0.1) is 0 Å². The number of rotatable bonds is 8. The number of likely N-dealkylation sites (N-methyl/N-ethyl adjacent to an activating group) is 1. The molecule has 1 aliphatic rings. The molecule has 3 unspecified atom stereocenters. The lowest BCUT2D eigenvalue weighted by Crippen LogP contribution is -2.48. The Balaban J connectivity index is 2.70. The van der Waals surface area contributed by atoms with Gasteiger partial charge in [0.05, 0.1) is 12.2 Å². The van der Waals surface area contributed by atoms with E-state index in [0.717, 1.165) is 38.9 Å². The van der Waals surface area contributed by atoms with E-state index in [1.54, 1.807) is 0 Å². The second kappa shape index (κ2) is 7.85. The molecule has 1 aliphatic heterocycles. The highest BCUT2D eigenvalue weighted by Crippen LogP contribution is 2.20. The van der Waals surface area contributed by atoms with Crippen molar-refractivity contribution in [2.45, 2.75) is 72.1 Å². The predicted octanol–water partition coefficient (Wildman–Crippen LogP) is 2.05. The Morgan fingerprint density at radius 1 is 1.26 bits per heavy atom. The summed E-state index contributed by atoms with van der Waals surface area (Å²) in [6.45, 7) is 13.9. The number of amides is 1. The van der Waals surface area contributed by atoms with Gasteiger partial charge in [0.25, 0.3) is 0 Å². The fraction of sp³-hybridized carbons (Fsp3) is 0.933. The highest BCUT2D eigenvalue weighted by atomic mass is 16.2. The number of carbonyl (C=O) groups excluding carboxylic acids is 1. The van der Waals surface area contributed by atoms with E-state index >= 15 is 0 Å². The largest absolute Gasteiger partial charge is 0.322 e. The lowest BCUT2D eigenvalue weighted by atomic mass is 10.1. The van der Waals surface area contributed by atoms with Crippen LogP contribution in [0.1, 0.15) is 53.9 Å². The highest BCUT2D eigenvalue weighted by Gasteiger charge is 2.39. The number of hydrogen-bond donors (Lipinski definition) is 1. The third kappa shape index (κ3) is 3.93. The van der Waals surface area contributed by atoms with Crippen LogP contribution in [0.25, 0.3) is 0 Å². The molecule has 1 saturated heterocycles. The third-order valence-electron chi connectivity index (χ3n) is 4.14. The van der Waals surface area contributed by atoms with Crippen LogP contribution in [-0.2, 0) is 4.79 Å². The summed E-state index contributed by atoms with van der Waals surface area (Å²) >= 11 is 0. The second-order valence-corrected chi connectivity index (χ2v) is 5.51. The zero-order chi connectivity index (χ0) is 14.4. The zero-order valence-electron chi connectivity index (χ0n) is 13.3. The van der Waals surface area contributed by atoms with Crippen molar-refractivity contribution in [3.8, 4) is 0 Å². The Labute approximate surface area is 118 Å². The molecule has 0 bridgehead atoms. The van der Waals surface area contributed by atoms with E-state index in [1.807, 2.05) is 0 Å². The van der Waals surface area contributed by atoms with Gasteiger partial charge in [-0.3, -0.25) is 10.1 Å². The topological polar surface area (TPSA) is 35.6 Å². The summed E-state index contributed by atoms with van der Waals surface area (Å²) in [6, 6.07) is 0.320. The van der Waals surface area contributed by atoms with Gasteiger partial charge in [-0.2, -0.15) is 0 Å². The quantitative estimate of drug-likeness (QED) is 0.732. The van der Waals surface area contributed by atoms with Crippen LogP contribution in [0.15, 0.2) is 0 Å². The standard InChI is InChI=1S/C15H31N3O/c1-6-10-13-15(19)18(14(7-2)16-13)12(5)11-17(8-3)9-4/h12-14,16H,6-11H2,1-5H3. The molecule has 0 radical (unpaired) electrons. The highest BCUT2D eigenvalue weighted by molar-refractivity contribution is 5.84. The summed E-state index contributed by atoms with van der Waals surface area (Å²) in [5.41, 5.74) is 0. The van der Waals surface area contributed by atoms with E-state index in [9.17, 15) is 4.79 Å². The van der Waals surface area contributed by atoms with Gasteiger partial charge < -0.3 is 9.80 Å². The summed E-state index contributed by atoms with van der Waals surface area (Å²) in [6.07, 6.45) is 3.20. The van der Waals surface area contributed by atoms with E-state index in [0.29, 0.717) is 5.91 Å². The van der Waals surface area contributed by atoms with E-state index < -0.39 is 0 Å². The second-order valence-electron chi connectivity index (χ2n) is 5.51. The minimum absolute atomic E-state index is 0.0362. The van der Waals surface area contributed by atoms with Crippen molar-refractivity contribution in [3.05, 3.63) is 0 Å². The van der Waals surface area contributed by atoms with Gasteiger partial charge in [0, 0.05) is 12.6 Å². The molecule has 0 saturated carbocycles. The number of hydrogen-bond acceptors (Lipinski definition) is 3. The number of nitrogens with zero attached hydrogens (tertiary/aromatic N) is 2. The Hall–Kier alpha value is -0.610. The van der Waals surface area contributed by atoms with Crippen LogP contribution < -0.4 is 5.32 Å². The van der Waals surface area contributed by atoms with Gasteiger partial charge >= 0.3 is 0 Å². The van der Waals surface area contributed by atoms with Crippen molar-refractivity contribution in [1.82, 2.24) is 15.1 Å². The summed E-state index contributed by atoms with van der Waals surface area (Å²) < 4.78 is 0. The summed E-state index contributed by atoms with van der Waals surface area (Å²) in [5.74, 6) is 0.299. The summed E-state index contributed by atoms with van der Waals surface area (Å²) in [5, 5.41) is 3.49. The van der Waals surface area contributed by atoms with Crippen molar-refractivity contribution >= 4 is 5.91 Å². The Kier molecular flexibility index (Phi) is 6.80. The molecule has 0 aliphatic carbocycles. The van der Waals surface area contributed by atoms with Crippen molar-refractivity contribution in [3.63, 3.8) is 0 Å². The lowest BCUT2D eigenvalue weighted by molar-refractivity contribution is -0.132. The van der Waals surface area contributed by atoms with Gasteiger partial charge in [-0.05, 0) is 32.9 Å². The average molecular weight is 269 g/mol. The molecule has 1 N–H and O–H groups in total. The molecule has 0 aromatic rings. The Morgan fingerprint density at radius 2 is 1.89 bits per heavy atom. The van der Waals surface area contributed by atoms with E-state index in [4.69, 9.17) is 0 Å². The fourth-order valence-corrected chi connectivity index (χ4v) is 3.00. The lowest BCUT2D eigenvalue weighted by Gasteiger charge is -2.33. The average Bonchev–Trinajstić information content (AvgIpc) is 2.73. The van der Waals surface area contributed by atoms with Gasteiger partial charge in [-0.1, -0.05) is 34.1 Å². The Morgan fingerprint density at radius 3 is 2.37 bits per heavy atom. The summed E-state index contributed by atoms with van der Waals surface area (Å²) in [4.78, 5) is 17.0. The molecule has 3 atom stereocenters. The zero-order valence-corrected chi connectivity index (χ0v) is 13.3. The Bertz CT molecular complexity index is 279. The van der Waals surface area contributed by atoms with Crippen LogP contribution in [0.3, 0.4) is 0 Å². The van der Waals surface area contributed by atoms with Crippen LogP contribution in [0.5, 0.6) is 0 Å². The molecule has 1 heterocycles. The molecule has 1 rings (SSSR count). The molecule has 19 heavy (non-hydrogen) atoms. The molecule has 4 heteroatoms. The minimum atomic E-state index is 0.0362. The van der Waals surface area contributed by atoms with Crippen LogP contribution in [-0.4, -0.2) is 53.6 Å². The van der Waals surface area contributed by atoms with Crippen molar-refractivity contribution in [2.24, 2.45) is 0 Å². The first kappa shape index (κ1) is 16.4. The third-order valence-corrected chi connectivity index (χ3v) is 4.14. The first-order chi connectivity index (χ1) is 9.08. The van der Waals surface area contributed by atoms with Crippen molar-refractivity contribution in [2.75, 3.05) is 19.6 Å². The van der Waals surface area contributed by atoms with Gasteiger partial charge in [-0.15, -0.1) is 0 Å². The smallest absolute Gasteiger partial charge is 0.241 e. The molecule has 0 spiro atoms. The van der Waals surface area contributed by atoms with Crippen LogP contribution >= 0.6 is 0 Å². The molecular weight excluding hydrogens is 238 g/mol. The minimum Gasteiger partial charge on any atom is -0.322 e. The SMILES string of the molecule is CCCC1NC(CC)N(C(C)CN(CC)CC)C1=O. The normalized spacial score (nSPS) is 25.4. The predicted molar refractivity (Wildman–Crippen MR) is 80.0 cm³/mol. The van der Waals surface area contributed by atoms with Gasteiger partial charge in [0.2, 0.25) is 5.91 Å². The van der Waals surface area contributed by atoms with E-state index in [2.05, 4.69) is 49.7 Å². The number of nitrogens with one attached hydrogen (secondary N) is 1. The van der Waals surface area contributed by atoms with Crippen LogP contribution in [0.2, 0.25) is 0 Å². The summed E-state index contributed by atoms with van der Waals surface area (Å²) in [7, 11) is 0. The molecule has 1 fully saturated rings.